The third kappa shape index (κ3) is 0.651. The van der Waals surface area contributed by atoms with Crippen LogP contribution in [0, 0.1) is 0 Å². The van der Waals surface area contributed by atoms with E-state index in [9.17, 15) is 4.79 Å². The third-order valence-electron chi connectivity index (χ3n) is 0.637. The Bertz CT molecular complexity index is 170. The van der Waals surface area contributed by atoms with Gasteiger partial charge in [-0.3, -0.25) is 4.79 Å². The van der Waals surface area contributed by atoms with Crippen molar-refractivity contribution in [3.63, 3.8) is 0 Å². The van der Waals surface area contributed by atoms with Gasteiger partial charge in [-0.1, -0.05) is 0 Å². The maximum absolute atomic E-state index is 10.1. The smallest absolute Gasteiger partial charge is 0.270 e. The second-order valence-electron chi connectivity index (χ2n) is 1.18. The second-order valence-corrected chi connectivity index (χ2v) is 1.18. The molecule has 0 saturated carbocycles. The topological polar surface area (TPSA) is 81.9 Å². The minimum atomic E-state index is -0.602. The predicted molar refractivity (Wildman–Crippen MR) is 27.3 cm³/mol. The van der Waals surface area contributed by atoms with E-state index in [-0.39, 0.29) is 5.71 Å². The molecule has 5 heteroatoms. The zero-order valence-electron chi connectivity index (χ0n) is 3.90. The van der Waals surface area contributed by atoms with Crippen LogP contribution in [0.25, 0.3) is 0 Å². The molecule has 1 aliphatic rings. The van der Waals surface area contributed by atoms with Crippen molar-refractivity contribution >= 4 is 17.8 Å². The van der Waals surface area contributed by atoms with E-state index in [4.69, 9.17) is 5.73 Å². The lowest BCUT2D eigenvalue weighted by Crippen LogP contribution is -2.22. The first-order chi connectivity index (χ1) is 3.80. The van der Waals surface area contributed by atoms with Gasteiger partial charge in [-0.25, -0.2) is 0 Å². The van der Waals surface area contributed by atoms with Gasteiger partial charge in [-0.05, 0) is 5.53 Å². The van der Waals surface area contributed by atoms with Gasteiger partial charge in [0.1, 0.15) is 0 Å². The zero-order valence-corrected chi connectivity index (χ0v) is 3.90. The third-order valence-corrected chi connectivity index (χ3v) is 0.637. The highest BCUT2D eigenvalue weighted by molar-refractivity contribution is 6.60. The molecule has 0 aliphatic carbocycles. The molecule has 1 heterocycles. The largest absolute Gasteiger partial charge is 0.364 e. The molecule has 8 heavy (non-hydrogen) atoms. The molecule has 5 nitrogen and oxygen atoms in total. The lowest BCUT2D eigenvalue weighted by atomic mass is 10.4. The summed E-state index contributed by atoms with van der Waals surface area (Å²) >= 11 is 0. The minimum Gasteiger partial charge on any atom is -0.364 e. The molecule has 1 amide bonds. The average Bonchev–Trinajstić information content (AvgIpc) is 2.12. The van der Waals surface area contributed by atoms with Crippen molar-refractivity contribution in [3.8, 4) is 0 Å². The van der Waals surface area contributed by atoms with Crippen LogP contribution in [0.5, 0.6) is 0 Å². The molecular formula is C3H3N4O. The highest BCUT2D eigenvalue weighted by Crippen LogP contribution is 1.80. The summed E-state index contributed by atoms with van der Waals surface area (Å²) in [5, 5.41) is 6.56. The lowest BCUT2D eigenvalue weighted by Gasteiger charge is -1.79. The molecule has 0 bridgehead atoms. The molecule has 0 saturated heterocycles. The SMILES string of the molecule is NC(=O)C1=N[N]N=C1. The molecule has 1 aliphatic heterocycles. The van der Waals surface area contributed by atoms with E-state index in [2.05, 4.69) is 15.7 Å². The van der Waals surface area contributed by atoms with Crippen molar-refractivity contribution in [2.24, 2.45) is 15.9 Å². The van der Waals surface area contributed by atoms with Gasteiger partial charge in [0.2, 0.25) is 0 Å². The first-order valence-electron chi connectivity index (χ1n) is 1.91. The fourth-order valence-electron chi connectivity index (χ4n) is 0.293. The summed E-state index contributed by atoms with van der Waals surface area (Å²) in [4.78, 5) is 10.1. The van der Waals surface area contributed by atoms with Gasteiger partial charge in [0, 0.05) is 0 Å². The summed E-state index contributed by atoms with van der Waals surface area (Å²) < 4.78 is 0. The number of carbonyl (C=O) groups is 1. The van der Waals surface area contributed by atoms with Crippen molar-refractivity contribution < 1.29 is 4.79 Å². The molecule has 1 rings (SSSR count). The Morgan fingerprint density at radius 2 is 2.50 bits per heavy atom. The van der Waals surface area contributed by atoms with Crippen LogP contribution in [0.4, 0.5) is 0 Å². The van der Waals surface area contributed by atoms with Gasteiger partial charge < -0.3 is 5.73 Å². The van der Waals surface area contributed by atoms with Crippen molar-refractivity contribution in [1.29, 1.82) is 0 Å². The molecule has 2 N–H and O–H groups in total. The summed E-state index contributed by atoms with van der Waals surface area (Å²) in [5.41, 5.74) is 8.02. The van der Waals surface area contributed by atoms with Crippen molar-refractivity contribution in [2.75, 3.05) is 0 Å². The van der Waals surface area contributed by atoms with Crippen molar-refractivity contribution in [1.82, 2.24) is 5.53 Å². The quantitative estimate of drug-likeness (QED) is 0.435. The molecule has 1 radical (unpaired) electrons. The van der Waals surface area contributed by atoms with Crippen LogP contribution in [0.2, 0.25) is 0 Å². The van der Waals surface area contributed by atoms with Crippen molar-refractivity contribution in [3.05, 3.63) is 0 Å². The first-order valence-corrected chi connectivity index (χ1v) is 1.91. The van der Waals surface area contributed by atoms with Gasteiger partial charge in [-0.15, -0.1) is 10.2 Å². The molecule has 0 aromatic rings. The Morgan fingerprint density at radius 3 is 2.75 bits per heavy atom. The minimum absolute atomic E-state index is 0.102. The molecule has 0 aromatic heterocycles. The van der Waals surface area contributed by atoms with Gasteiger partial charge >= 0.3 is 0 Å². The van der Waals surface area contributed by atoms with Gasteiger partial charge in [0.25, 0.3) is 5.91 Å². The number of carbonyl (C=O) groups excluding carboxylic acids is 1. The van der Waals surface area contributed by atoms with E-state index in [1.165, 1.54) is 6.21 Å². The molecule has 0 aromatic carbocycles. The zero-order chi connectivity index (χ0) is 5.98. The van der Waals surface area contributed by atoms with Gasteiger partial charge in [0.05, 0.1) is 6.21 Å². The molecule has 0 fully saturated rings. The maximum atomic E-state index is 10.1. The number of rotatable bonds is 1. The van der Waals surface area contributed by atoms with Crippen LogP contribution in [0.1, 0.15) is 0 Å². The molecular weight excluding hydrogens is 108 g/mol. The number of hydrogen-bond donors (Lipinski definition) is 1. The number of amides is 1. The summed E-state index contributed by atoms with van der Waals surface area (Å²) in [5.74, 6) is -0.602. The van der Waals surface area contributed by atoms with Crippen LogP contribution in [0.3, 0.4) is 0 Å². The molecule has 0 unspecified atom stereocenters. The van der Waals surface area contributed by atoms with Crippen LogP contribution in [-0.2, 0) is 4.79 Å². The first kappa shape index (κ1) is 4.76. The second kappa shape index (κ2) is 1.61. The summed E-state index contributed by atoms with van der Waals surface area (Å²) in [6.45, 7) is 0. The van der Waals surface area contributed by atoms with Gasteiger partial charge in [-0.2, -0.15) is 0 Å². The van der Waals surface area contributed by atoms with Crippen LogP contribution in [-0.4, -0.2) is 17.8 Å². The summed E-state index contributed by atoms with van der Waals surface area (Å²) in [7, 11) is 0. The lowest BCUT2D eigenvalue weighted by molar-refractivity contribution is -0.111. The predicted octanol–water partition coefficient (Wildman–Crippen LogP) is -1.57. The van der Waals surface area contributed by atoms with Crippen LogP contribution >= 0.6 is 0 Å². The van der Waals surface area contributed by atoms with E-state index in [1.54, 1.807) is 0 Å². The molecule has 0 atom stereocenters. The highest BCUT2D eigenvalue weighted by atomic mass is 16.1. The fourth-order valence-corrected chi connectivity index (χ4v) is 0.293. The van der Waals surface area contributed by atoms with E-state index in [1.807, 2.05) is 0 Å². The van der Waals surface area contributed by atoms with E-state index < -0.39 is 5.91 Å². The Labute approximate surface area is 45.2 Å². The summed E-state index contributed by atoms with van der Waals surface area (Å²) in [6.07, 6.45) is 1.21. The number of primary amides is 1. The van der Waals surface area contributed by atoms with Crippen LogP contribution < -0.4 is 11.3 Å². The van der Waals surface area contributed by atoms with E-state index in [0.29, 0.717) is 0 Å². The Balaban J connectivity index is 2.72. The molecule has 41 valence electrons. The maximum Gasteiger partial charge on any atom is 0.270 e. The fraction of sp³-hybridized carbons (Fsp3) is 0. The highest BCUT2D eigenvalue weighted by Gasteiger charge is 2.06. The van der Waals surface area contributed by atoms with E-state index >= 15 is 0 Å². The summed E-state index contributed by atoms with van der Waals surface area (Å²) in [6, 6.07) is 0. The Morgan fingerprint density at radius 1 is 1.75 bits per heavy atom. The van der Waals surface area contributed by atoms with Crippen molar-refractivity contribution in [2.45, 2.75) is 0 Å². The standard InChI is InChI=1S/C3H3N4O/c4-3(8)2-1-5-7-6-2/h1H,(H2,4,8). The number of hydrogen-bond acceptors (Lipinski definition) is 3. The van der Waals surface area contributed by atoms with Gasteiger partial charge in [0.15, 0.2) is 5.71 Å². The van der Waals surface area contributed by atoms with Crippen LogP contribution in [0.15, 0.2) is 10.2 Å². The Hall–Kier alpha value is -1.39. The monoisotopic (exact) mass is 111 g/mol. The van der Waals surface area contributed by atoms with E-state index in [0.717, 1.165) is 0 Å². The normalized spacial score (nSPS) is 15.2. The Kier molecular flexibility index (Phi) is 0.957. The molecule has 0 spiro atoms. The number of nitrogens with zero attached hydrogens (tertiary/aromatic N) is 3. The number of nitrogens with two attached hydrogens (primary N) is 1. The average molecular weight is 111 g/mol.